The lowest BCUT2D eigenvalue weighted by atomic mass is 10.2. The number of rotatable bonds is 3. The van der Waals surface area contributed by atoms with Crippen LogP contribution in [0.25, 0.3) is 0 Å². The molecule has 0 unspecified atom stereocenters. The van der Waals surface area contributed by atoms with Crippen molar-refractivity contribution >= 4 is 15.9 Å². The molecule has 0 aromatic heterocycles. The maximum Gasteiger partial charge on any atom is 0.134 e. The maximum atomic E-state index is 5.36. The number of halogens is 1. The van der Waals surface area contributed by atoms with Crippen molar-refractivity contribution in [1.29, 1.82) is 0 Å². The fourth-order valence-electron chi connectivity index (χ4n) is 0.879. The molecule has 1 nitrogen and oxygen atoms in total. The van der Waals surface area contributed by atoms with Gasteiger partial charge >= 0.3 is 0 Å². The summed E-state index contributed by atoms with van der Waals surface area (Å²) in [5.41, 5.74) is 0.946. The van der Waals surface area contributed by atoms with E-state index in [0.29, 0.717) is 6.61 Å². The molecule has 0 saturated heterocycles. The monoisotopic (exact) mass is 225 g/mol. The van der Waals surface area contributed by atoms with E-state index in [4.69, 9.17) is 4.74 Å². The van der Waals surface area contributed by atoms with E-state index in [0.717, 1.165) is 15.8 Å². The maximum absolute atomic E-state index is 5.36. The Bertz CT molecular complexity index is 281. The Kier molecular flexibility index (Phi) is 3.35. The van der Waals surface area contributed by atoms with Crippen molar-refractivity contribution in [2.24, 2.45) is 0 Å². The second-order valence-corrected chi connectivity index (χ2v) is 3.11. The second kappa shape index (κ2) is 4.31. The van der Waals surface area contributed by atoms with Crippen LogP contribution < -0.4 is 4.74 Å². The molecule has 0 amide bonds. The zero-order valence-electron chi connectivity index (χ0n) is 6.93. The molecule has 1 radical (unpaired) electrons. The van der Waals surface area contributed by atoms with Gasteiger partial charge in [-0.3, -0.25) is 0 Å². The summed E-state index contributed by atoms with van der Waals surface area (Å²) in [5.74, 6) is 0.839. The summed E-state index contributed by atoms with van der Waals surface area (Å²) in [5, 5.41) is 0. The van der Waals surface area contributed by atoms with Crippen LogP contribution in [0.5, 0.6) is 5.75 Å². The molecule has 0 spiro atoms. The number of benzene rings is 1. The highest BCUT2D eigenvalue weighted by molar-refractivity contribution is 9.10. The quantitative estimate of drug-likeness (QED) is 0.768. The molecular formula is C10H10BrO. The molecule has 0 N–H and O–H groups in total. The zero-order chi connectivity index (χ0) is 8.97. The summed E-state index contributed by atoms with van der Waals surface area (Å²) in [6, 6.07) is 5.76. The Morgan fingerprint density at radius 3 is 2.92 bits per heavy atom. The zero-order valence-corrected chi connectivity index (χ0v) is 8.52. The van der Waals surface area contributed by atoms with E-state index in [1.165, 1.54) is 0 Å². The average Bonchev–Trinajstić information content (AvgIpc) is 2.09. The van der Waals surface area contributed by atoms with Gasteiger partial charge in [0.1, 0.15) is 5.75 Å². The van der Waals surface area contributed by atoms with E-state index in [1.807, 2.05) is 25.1 Å². The van der Waals surface area contributed by atoms with Crippen LogP contribution in [0, 0.1) is 6.08 Å². The van der Waals surface area contributed by atoms with Crippen molar-refractivity contribution in [2.45, 2.75) is 6.92 Å². The Morgan fingerprint density at radius 2 is 2.33 bits per heavy atom. The SMILES string of the molecule is C=[C]c1ccc(Br)c(OCC)c1. The minimum absolute atomic E-state index is 0.666. The van der Waals surface area contributed by atoms with Crippen molar-refractivity contribution in [3.63, 3.8) is 0 Å². The normalized spacial score (nSPS) is 9.50. The van der Waals surface area contributed by atoms with Gasteiger partial charge < -0.3 is 4.74 Å². The largest absolute Gasteiger partial charge is 0.493 e. The number of hydrogen-bond donors (Lipinski definition) is 0. The van der Waals surface area contributed by atoms with Crippen LogP contribution in [0.1, 0.15) is 12.5 Å². The van der Waals surface area contributed by atoms with Gasteiger partial charge in [0.15, 0.2) is 0 Å². The first-order chi connectivity index (χ1) is 5.77. The van der Waals surface area contributed by atoms with Gasteiger partial charge in [-0.15, -0.1) is 0 Å². The lowest BCUT2D eigenvalue weighted by Gasteiger charge is -2.05. The molecule has 1 aromatic carbocycles. The summed E-state index contributed by atoms with van der Waals surface area (Å²) in [6.45, 7) is 6.19. The summed E-state index contributed by atoms with van der Waals surface area (Å²) in [4.78, 5) is 0. The molecule has 0 saturated carbocycles. The predicted molar refractivity (Wildman–Crippen MR) is 53.3 cm³/mol. The minimum atomic E-state index is 0.666. The van der Waals surface area contributed by atoms with Crippen LogP contribution in [0.3, 0.4) is 0 Å². The van der Waals surface area contributed by atoms with E-state index in [-0.39, 0.29) is 0 Å². The number of ether oxygens (including phenoxy) is 1. The molecule has 1 aromatic rings. The Hall–Kier alpha value is -0.760. The fraction of sp³-hybridized carbons (Fsp3) is 0.200. The van der Waals surface area contributed by atoms with Crippen LogP contribution in [-0.2, 0) is 0 Å². The average molecular weight is 226 g/mol. The molecule has 12 heavy (non-hydrogen) atoms. The van der Waals surface area contributed by atoms with Crippen molar-refractivity contribution in [3.8, 4) is 5.75 Å². The van der Waals surface area contributed by atoms with Crippen molar-refractivity contribution in [1.82, 2.24) is 0 Å². The molecule has 2 heteroatoms. The molecule has 0 heterocycles. The van der Waals surface area contributed by atoms with Gasteiger partial charge in [0.2, 0.25) is 0 Å². The van der Waals surface area contributed by atoms with E-state index in [2.05, 4.69) is 28.6 Å². The summed E-state index contributed by atoms with van der Waals surface area (Å²) in [7, 11) is 0. The minimum Gasteiger partial charge on any atom is -0.493 e. The Morgan fingerprint density at radius 1 is 1.58 bits per heavy atom. The fourth-order valence-corrected chi connectivity index (χ4v) is 1.24. The third-order valence-electron chi connectivity index (χ3n) is 1.44. The first-order valence-corrected chi connectivity index (χ1v) is 4.52. The van der Waals surface area contributed by atoms with Crippen LogP contribution in [-0.4, -0.2) is 6.61 Å². The lowest BCUT2D eigenvalue weighted by Crippen LogP contribution is -1.92. The van der Waals surface area contributed by atoms with Gasteiger partial charge in [0.05, 0.1) is 11.1 Å². The summed E-state index contributed by atoms with van der Waals surface area (Å²) < 4.78 is 6.33. The Balaban J connectivity index is 2.99. The lowest BCUT2D eigenvalue weighted by molar-refractivity contribution is 0.338. The predicted octanol–water partition coefficient (Wildman–Crippen LogP) is 3.19. The van der Waals surface area contributed by atoms with Gasteiger partial charge in [0.25, 0.3) is 0 Å². The third kappa shape index (κ3) is 2.11. The molecule has 63 valence electrons. The second-order valence-electron chi connectivity index (χ2n) is 2.25. The highest BCUT2D eigenvalue weighted by Gasteiger charge is 1.99. The van der Waals surface area contributed by atoms with Crippen molar-refractivity contribution in [3.05, 3.63) is 40.9 Å². The highest BCUT2D eigenvalue weighted by atomic mass is 79.9. The van der Waals surface area contributed by atoms with Crippen LogP contribution in [0.4, 0.5) is 0 Å². The molecule has 0 aliphatic rings. The third-order valence-corrected chi connectivity index (χ3v) is 2.09. The van der Waals surface area contributed by atoms with E-state index >= 15 is 0 Å². The van der Waals surface area contributed by atoms with Gasteiger partial charge in [-0.25, -0.2) is 0 Å². The molecule has 0 bridgehead atoms. The smallest absolute Gasteiger partial charge is 0.134 e. The van der Waals surface area contributed by atoms with Crippen molar-refractivity contribution < 1.29 is 4.74 Å². The van der Waals surface area contributed by atoms with Gasteiger partial charge in [0, 0.05) is 0 Å². The molecule has 0 atom stereocenters. The van der Waals surface area contributed by atoms with Crippen LogP contribution in [0.2, 0.25) is 0 Å². The van der Waals surface area contributed by atoms with Gasteiger partial charge in [-0.05, 0) is 46.6 Å². The summed E-state index contributed by atoms with van der Waals surface area (Å²) in [6.07, 6.45) is 2.80. The van der Waals surface area contributed by atoms with E-state index in [1.54, 1.807) is 0 Å². The summed E-state index contributed by atoms with van der Waals surface area (Å²) >= 11 is 3.39. The molecular weight excluding hydrogens is 216 g/mol. The van der Waals surface area contributed by atoms with E-state index in [9.17, 15) is 0 Å². The van der Waals surface area contributed by atoms with Crippen LogP contribution in [0.15, 0.2) is 29.3 Å². The molecule has 0 aliphatic heterocycles. The van der Waals surface area contributed by atoms with E-state index < -0.39 is 0 Å². The first kappa shape index (κ1) is 9.33. The van der Waals surface area contributed by atoms with Crippen molar-refractivity contribution in [2.75, 3.05) is 6.61 Å². The standard InChI is InChI=1S/C10H10BrO/c1-3-8-5-6-9(11)10(7-8)12-4-2/h5-7H,1,4H2,2H3. The highest BCUT2D eigenvalue weighted by Crippen LogP contribution is 2.25. The van der Waals surface area contributed by atoms with Gasteiger partial charge in [-0.1, -0.05) is 12.6 Å². The Labute approximate surface area is 81.2 Å². The van der Waals surface area contributed by atoms with Gasteiger partial charge in [-0.2, -0.15) is 0 Å². The molecule has 0 aliphatic carbocycles. The first-order valence-electron chi connectivity index (χ1n) is 3.73. The molecule has 1 rings (SSSR count). The van der Waals surface area contributed by atoms with Crippen LogP contribution >= 0.6 is 15.9 Å². The number of hydrogen-bond acceptors (Lipinski definition) is 1. The molecule has 0 fully saturated rings. The topological polar surface area (TPSA) is 9.23 Å².